The van der Waals surface area contributed by atoms with E-state index >= 15 is 0 Å². The van der Waals surface area contributed by atoms with Gasteiger partial charge in [0.25, 0.3) is 0 Å². The third-order valence-electron chi connectivity index (χ3n) is 0.782. The lowest BCUT2D eigenvalue weighted by molar-refractivity contribution is -0.132. The number of esters is 1. The maximum Gasteiger partial charge on any atom is 0.350 e. The molecular formula is C5H2Br2O2. The normalized spacial score (nSPS) is 22.2. The third kappa shape index (κ3) is 1.43. The number of carbonyl (C=O) groups is 1. The highest BCUT2D eigenvalue weighted by atomic mass is 79.9. The zero-order valence-corrected chi connectivity index (χ0v) is 7.40. The van der Waals surface area contributed by atoms with Crippen LogP contribution in [-0.4, -0.2) is 5.97 Å². The molecule has 4 heteroatoms. The van der Waals surface area contributed by atoms with Crippen LogP contribution in [0.1, 0.15) is 0 Å². The van der Waals surface area contributed by atoms with Crippen molar-refractivity contribution >= 4 is 37.8 Å². The zero-order valence-electron chi connectivity index (χ0n) is 4.23. The van der Waals surface area contributed by atoms with E-state index in [2.05, 4.69) is 36.6 Å². The van der Waals surface area contributed by atoms with Crippen molar-refractivity contribution in [2.45, 2.75) is 0 Å². The first-order valence-electron chi connectivity index (χ1n) is 2.14. The van der Waals surface area contributed by atoms with Gasteiger partial charge in [-0.1, -0.05) is 15.9 Å². The summed E-state index contributed by atoms with van der Waals surface area (Å²) in [4.78, 5) is 12.1. The van der Waals surface area contributed by atoms with Gasteiger partial charge in [-0.2, -0.15) is 0 Å². The van der Waals surface area contributed by atoms with Gasteiger partial charge in [-0.05, 0) is 15.9 Å². The summed E-state index contributed by atoms with van der Waals surface area (Å²) in [5.41, 5.74) is 0. The van der Waals surface area contributed by atoms with Crippen LogP contribution < -0.4 is 0 Å². The van der Waals surface area contributed by atoms with Crippen LogP contribution in [0.3, 0.4) is 0 Å². The SMILES string of the molecule is O=C1O/C(=C\Br)C=C1Br. The molecule has 9 heavy (non-hydrogen) atoms. The number of ether oxygens (including phenoxy) is 1. The molecule has 0 atom stereocenters. The lowest BCUT2D eigenvalue weighted by Crippen LogP contribution is -1.92. The number of halogens is 2. The van der Waals surface area contributed by atoms with Gasteiger partial charge in [0.15, 0.2) is 0 Å². The van der Waals surface area contributed by atoms with E-state index in [0.717, 1.165) is 0 Å². The minimum atomic E-state index is -0.347. The van der Waals surface area contributed by atoms with Crippen molar-refractivity contribution in [2.24, 2.45) is 0 Å². The van der Waals surface area contributed by atoms with E-state index in [0.29, 0.717) is 10.2 Å². The summed E-state index contributed by atoms with van der Waals surface area (Å²) in [6.07, 6.45) is 1.59. The largest absolute Gasteiger partial charge is 0.422 e. The minimum Gasteiger partial charge on any atom is -0.422 e. The second-order valence-corrected chi connectivity index (χ2v) is 2.71. The third-order valence-corrected chi connectivity index (χ3v) is 1.79. The minimum absolute atomic E-state index is 0.347. The van der Waals surface area contributed by atoms with Crippen molar-refractivity contribution in [1.29, 1.82) is 0 Å². The van der Waals surface area contributed by atoms with Crippen LogP contribution >= 0.6 is 31.9 Å². The highest BCUT2D eigenvalue weighted by Crippen LogP contribution is 2.21. The van der Waals surface area contributed by atoms with E-state index in [9.17, 15) is 4.79 Å². The van der Waals surface area contributed by atoms with Gasteiger partial charge in [0.1, 0.15) is 10.2 Å². The standard InChI is InChI=1S/C5H2Br2O2/c6-2-3-1-4(7)5(8)9-3/h1-2H/b3-2-. The van der Waals surface area contributed by atoms with E-state index in [1.54, 1.807) is 11.1 Å². The molecule has 0 N–H and O–H groups in total. The Labute approximate surface area is 68.8 Å². The van der Waals surface area contributed by atoms with Gasteiger partial charge in [0.05, 0.1) is 0 Å². The quantitative estimate of drug-likeness (QED) is 0.618. The Morgan fingerprint density at radius 1 is 1.67 bits per heavy atom. The molecule has 0 radical (unpaired) electrons. The molecule has 0 bridgehead atoms. The average Bonchev–Trinajstić information content (AvgIpc) is 2.13. The Morgan fingerprint density at radius 3 is 2.56 bits per heavy atom. The Balaban J connectivity index is 2.86. The first-order valence-corrected chi connectivity index (χ1v) is 3.84. The molecule has 0 saturated carbocycles. The number of rotatable bonds is 0. The van der Waals surface area contributed by atoms with Gasteiger partial charge in [-0.15, -0.1) is 0 Å². The lowest BCUT2D eigenvalue weighted by atomic mass is 10.5. The van der Waals surface area contributed by atoms with Gasteiger partial charge in [-0.25, -0.2) is 4.79 Å². The molecule has 48 valence electrons. The van der Waals surface area contributed by atoms with E-state index in [4.69, 9.17) is 0 Å². The summed E-state index contributed by atoms with van der Waals surface area (Å²) >= 11 is 6.04. The van der Waals surface area contributed by atoms with Crippen LogP contribution in [0, 0.1) is 0 Å². The molecule has 0 aromatic heterocycles. The van der Waals surface area contributed by atoms with Gasteiger partial charge in [0, 0.05) is 11.1 Å². The predicted octanol–water partition coefficient (Wildman–Crippen LogP) is 2.06. The van der Waals surface area contributed by atoms with Crippen LogP contribution in [0.4, 0.5) is 0 Å². The summed E-state index contributed by atoms with van der Waals surface area (Å²) in [5.74, 6) is 0.174. The molecule has 0 aromatic carbocycles. The fraction of sp³-hybridized carbons (Fsp3) is 0. The summed E-state index contributed by atoms with van der Waals surface area (Å²) < 4.78 is 5.11. The molecular weight excluding hydrogens is 252 g/mol. The Hall–Kier alpha value is -0.0900. The Bertz CT molecular complexity index is 205. The van der Waals surface area contributed by atoms with Crippen molar-refractivity contribution in [1.82, 2.24) is 0 Å². The summed E-state index contributed by atoms with van der Waals surface area (Å²) in [6, 6.07) is 0. The van der Waals surface area contributed by atoms with Crippen molar-refractivity contribution < 1.29 is 9.53 Å². The van der Waals surface area contributed by atoms with Gasteiger partial charge < -0.3 is 4.74 Å². The van der Waals surface area contributed by atoms with Crippen LogP contribution in [0.5, 0.6) is 0 Å². The molecule has 0 unspecified atom stereocenters. The molecule has 1 aliphatic rings. The molecule has 1 heterocycles. The van der Waals surface area contributed by atoms with Crippen LogP contribution in [0.2, 0.25) is 0 Å². The molecule has 0 spiro atoms. The Kier molecular flexibility index (Phi) is 2.08. The van der Waals surface area contributed by atoms with Gasteiger partial charge >= 0.3 is 5.97 Å². The molecule has 2 nitrogen and oxygen atoms in total. The van der Waals surface area contributed by atoms with E-state index in [-0.39, 0.29) is 5.97 Å². The van der Waals surface area contributed by atoms with Gasteiger partial charge in [0.2, 0.25) is 0 Å². The second kappa shape index (κ2) is 2.66. The first-order chi connectivity index (χ1) is 4.24. The predicted molar refractivity (Wildman–Crippen MR) is 40.1 cm³/mol. The van der Waals surface area contributed by atoms with Crippen molar-refractivity contribution in [3.8, 4) is 0 Å². The van der Waals surface area contributed by atoms with E-state index < -0.39 is 0 Å². The highest BCUT2D eigenvalue weighted by molar-refractivity contribution is 9.12. The highest BCUT2D eigenvalue weighted by Gasteiger charge is 2.17. The molecule has 1 rings (SSSR count). The molecule has 0 fully saturated rings. The van der Waals surface area contributed by atoms with E-state index in [1.165, 1.54) is 0 Å². The van der Waals surface area contributed by atoms with Crippen LogP contribution in [0.25, 0.3) is 0 Å². The Morgan fingerprint density at radius 2 is 2.33 bits per heavy atom. The molecule has 0 amide bonds. The van der Waals surface area contributed by atoms with Crippen LogP contribution in [-0.2, 0) is 9.53 Å². The van der Waals surface area contributed by atoms with Crippen molar-refractivity contribution in [2.75, 3.05) is 0 Å². The topological polar surface area (TPSA) is 26.3 Å². The number of hydrogen-bond acceptors (Lipinski definition) is 2. The molecule has 1 aliphatic heterocycles. The summed E-state index contributed by atoms with van der Waals surface area (Å²) in [7, 11) is 0. The first kappa shape index (κ1) is 7.02. The fourth-order valence-corrected chi connectivity index (χ4v) is 0.955. The van der Waals surface area contributed by atoms with Crippen LogP contribution in [0.15, 0.2) is 21.3 Å². The van der Waals surface area contributed by atoms with Crippen molar-refractivity contribution in [3.63, 3.8) is 0 Å². The molecule has 0 saturated heterocycles. The number of carbonyl (C=O) groups excluding carboxylic acids is 1. The second-order valence-electron chi connectivity index (χ2n) is 1.39. The monoisotopic (exact) mass is 252 g/mol. The molecule has 0 aliphatic carbocycles. The number of hydrogen-bond donors (Lipinski definition) is 0. The molecule has 0 aromatic rings. The van der Waals surface area contributed by atoms with Crippen molar-refractivity contribution in [3.05, 3.63) is 21.3 Å². The lowest BCUT2D eigenvalue weighted by Gasteiger charge is -1.89. The summed E-state index contributed by atoms with van der Waals surface area (Å²) in [6.45, 7) is 0. The number of cyclic esters (lactones) is 1. The average molecular weight is 254 g/mol. The number of allylic oxidation sites excluding steroid dienone is 1. The maximum atomic E-state index is 10.5. The smallest absolute Gasteiger partial charge is 0.350 e. The maximum absolute atomic E-state index is 10.5. The van der Waals surface area contributed by atoms with Gasteiger partial charge in [-0.3, -0.25) is 0 Å². The summed E-state index contributed by atoms with van der Waals surface area (Å²) in [5, 5.41) is 0. The zero-order chi connectivity index (χ0) is 6.85. The van der Waals surface area contributed by atoms with E-state index in [1.807, 2.05) is 0 Å². The fourth-order valence-electron chi connectivity index (χ4n) is 0.423.